The first kappa shape index (κ1) is 14.8. The molecule has 0 aliphatic carbocycles. The number of hydrogen-bond acceptors (Lipinski definition) is 0. The monoisotopic (exact) mass is 266 g/mol. The Morgan fingerprint density at radius 1 is 0.700 bits per heavy atom. The van der Waals surface area contributed by atoms with Crippen LogP contribution in [0.4, 0.5) is 0 Å². The highest BCUT2D eigenvalue weighted by Gasteiger charge is 2.15. The van der Waals surface area contributed by atoms with Crippen molar-refractivity contribution >= 4 is 0 Å². The standard InChI is InChI=1S/C20H26/c1-5-16-7-11-18(12-8-16)19-13-9-17(10-14-19)15-20(3,4)6-2/h7-14H,5-6,15H2,1-4H3. The Morgan fingerprint density at radius 2 is 1.15 bits per heavy atom. The second-order valence-corrected chi connectivity index (χ2v) is 6.44. The van der Waals surface area contributed by atoms with Crippen LogP contribution < -0.4 is 0 Å². The molecule has 106 valence electrons. The Bertz CT molecular complexity index is 529. The third kappa shape index (κ3) is 3.72. The van der Waals surface area contributed by atoms with Gasteiger partial charge in [0.05, 0.1) is 0 Å². The van der Waals surface area contributed by atoms with Gasteiger partial charge >= 0.3 is 0 Å². The van der Waals surface area contributed by atoms with Crippen LogP contribution in [0.1, 0.15) is 45.2 Å². The van der Waals surface area contributed by atoms with E-state index in [1.54, 1.807) is 0 Å². The molecule has 0 radical (unpaired) electrons. The second kappa shape index (κ2) is 6.26. The molecule has 0 aliphatic rings. The van der Waals surface area contributed by atoms with E-state index in [1.165, 1.54) is 28.7 Å². The minimum Gasteiger partial charge on any atom is -0.0649 e. The molecule has 20 heavy (non-hydrogen) atoms. The summed E-state index contributed by atoms with van der Waals surface area (Å²) in [5.74, 6) is 0. The van der Waals surface area contributed by atoms with Crippen molar-refractivity contribution in [2.45, 2.75) is 47.0 Å². The van der Waals surface area contributed by atoms with Crippen LogP contribution in [0.5, 0.6) is 0 Å². The molecule has 0 aromatic heterocycles. The summed E-state index contributed by atoms with van der Waals surface area (Å²) in [5.41, 5.74) is 5.85. The lowest BCUT2D eigenvalue weighted by Crippen LogP contribution is -2.13. The molecule has 0 heterocycles. The summed E-state index contributed by atoms with van der Waals surface area (Å²) in [5, 5.41) is 0. The van der Waals surface area contributed by atoms with E-state index in [0.29, 0.717) is 5.41 Å². The van der Waals surface area contributed by atoms with Crippen LogP contribution >= 0.6 is 0 Å². The van der Waals surface area contributed by atoms with Crippen molar-refractivity contribution in [1.82, 2.24) is 0 Å². The van der Waals surface area contributed by atoms with Crippen LogP contribution in [0.2, 0.25) is 0 Å². The van der Waals surface area contributed by atoms with Gasteiger partial charge in [0.15, 0.2) is 0 Å². The molecule has 0 N–H and O–H groups in total. The van der Waals surface area contributed by atoms with E-state index < -0.39 is 0 Å². The van der Waals surface area contributed by atoms with Gasteiger partial charge in [0.2, 0.25) is 0 Å². The lowest BCUT2D eigenvalue weighted by atomic mass is 9.83. The third-order valence-electron chi connectivity index (χ3n) is 4.29. The lowest BCUT2D eigenvalue weighted by Gasteiger charge is -2.22. The van der Waals surface area contributed by atoms with Crippen LogP contribution in [0.15, 0.2) is 48.5 Å². The zero-order chi connectivity index (χ0) is 14.6. The molecule has 2 rings (SSSR count). The highest BCUT2D eigenvalue weighted by molar-refractivity contribution is 5.64. The van der Waals surface area contributed by atoms with Crippen LogP contribution in [0, 0.1) is 5.41 Å². The molecular formula is C20H26. The maximum absolute atomic E-state index is 2.34. The zero-order valence-electron chi connectivity index (χ0n) is 13.2. The first-order valence-electron chi connectivity index (χ1n) is 7.72. The van der Waals surface area contributed by atoms with Crippen molar-refractivity contribution in [2.24, 2.45) is 5.41 Å². The van der Waals surface area contributed by atoms with Crippen molar-refractivity contribution in [3.05, 3.63) is 59.7 Å². The van der Waals surface area contributed by atoms with E-state index in [2.05, 4.69) is 76.2 Å². The fourth-order valence-corrected chi connectivity index (χ4v) is 2.43. The first-order chi connectivity index (χ1) is 9.54. The lowest BCUT2D eigenvalue weighted by molar-refractivity contribution is 0.349. The maximum atomic E-state index is 2.34. The molecule has 2 aromatic rings. The van der Waals surface area contributed by atoms with E-state index in [1.807, 2.05) is 0 Å². The van der Waals surface area contributed by atoms with E-state index in [9.17, 15) is 0 Å². The van der Waals surface area contributed by atoms with Crippen LogP contribution in [-0.2, 0) is 12.8 Å². The van der Waals surface area contributed by atoms with E-state index in [-0.39, 0.29) is 0 Å². The summed E-state index contributed by atoms with van der Waals surface area (Å²) in [6.45, 7) is 9.14. The molecule has 0 aliphatic heterocycles. The molecule has 2 aromatic carbocycles. The molecule has 0 bridgehead atoms. The van der Waals surface area contributed by atoms with E-state index in [4.69, 9.17) is 0 Å². The molecule has 0 nitrogen and oxygen atoms in total. The normalized spacial score (nSPS) is 11.6. The average molecular weight is 266 g/mol. The summed E-state index contributed by atoms with van der Waals surface area (Å²) in [6, 6.07) is 18.0. The summed E-state index contributed by atoms with van der Waals surface area (Å²) in [7, 11) is 0. The van der Waals surface area contributed by atoms with Crippen molar-refractivity contribution in [3.63, 3.8) is 0 Å². The van der Waals surface area contributed by atoms with Gasteiger partial charge in [-0.15, -0.1) is 0 Å². The Kier molecular flexibility index (Phi) is 4.65. The molecule has 0 atom stereocenters. The van der Waals surface area contributed by atoms with Gasteiger partial charge in [0, 0.05) is 0 Å². The van der Waals surface area contributed by atoms with Crippen LogP contribution in [0.25, 0.3) is 11.1 Å². The SMILES string of the molecule is CCc1ccc(-c2ccc(CC(C)(C)CC)cc2)cc1. The summed E-state index contributed by atoms with van der Waals surface area (Å²) >= 11 is 0. The predicted octanol–water partition coefficient (Wildman–Crippen LogP) is 5.89. The molecule has 0 fully saturated rings. The Morgan fingerprint density at radius 3 is 1.55 bits per heavy atom. The Hall–Kier alpha value is -1.56. The molecule has 0 amide bonds. The third-order valence-corrected chi connectivity index (χ3v) is 4.29. The van der Waals surface area contributed by atoms with Crippen molar-refractivity contribution < 1.29 is 0 Å². The number of hydrogen-bond donors (Lipinski definition) is 0. The van der Waals surface area contributed by atoms with Crippen molar-refractivity contribution in [1.29, 1.82) is 0 Å². The Balaban J connectivity index is 2.15. The first-order valence-corrected chi connectivity index (χ1v) is 7.72. The zero-order valence-corrected chi connectivity index (χ0v) is 13.2. The average Bonchev–Trinajstić information content (AvgIpc) is 2.48. The Labute approximate surface area is 123 Å². The van der Waals surface area contributed by atoms with Gasteiger partial charge < -0.3 is 0 Å². The molecule has 0 unspecified atom stereocenters. The quantitative estimate of drug-likeness (QED) is 0.632. The smallest absolute Gasteiger partial charge is 0.0184 e. The number of aryl methyl sites for hydroxylation is 1. The van der Waals surface area contributed by atoms with Gasteiger partial charge in [-0.3, -0.25) is 0 Å². The van der Waals surface area contributed by atoms with Gasteiger partial charge in [-0.2, -0.15) is 0 Å². The summed E-state index contributed by atoms with van der Waals surface area (Å²) in [4.78, 5) is 0. The summed E-state index contributed by atoms with van der Waals surface area (Å²) < 4.78 is 0. The van der Waals surface area contributed by atoms with E-state index >= 15 is 0 Å². The van der Waals surface area contributed by atoms with Crippen molar-refractivity contribution in [3.8, 4) is 11.1 Å². The minimum atomic E-state index is 0.393. The molecule has 0 spiro atoms. The molecule has 0 saturated carbocycles. The van der Waals surface area contributed by atoms with Gasteiger partial charge in [-0.1, -0.05) is 82.6 Å². The second-order valence-electron chi connectivity index (χ2n) is 6.44. The highest BCUT2D eigenvalue weighted by Crippen LogP contribution is 2.27. The largest absolute Gasteiger partial charge is 0.0649 e. The summed E-state index contributed by atoms with van der Waals surface area (Å²) in [6.07, 6.45) is 3.47. The van der Waals surface area contributed by atoms with Crippen LogP contribution in [0.3, 0.4) is 0 Å². The van der Waals surface area contributed by atoms with Gasteiger partial charge in [-0.05, 0) is 40.5 Å². The minimum absolute atomic E-state index is 0.393. The topological polar surface area (TPSA) is 0 Å². The fraction of sp³-hybridized carbons (Fsp3) is 0.400. The van der Waals surface area contributed by atoms with Gasteiger partial charge in [0.25, 0.3) is 0 Å². The molecule has 0 saturated heterocycles. The molecular weight excluding hydrogens is 240 g/mol. The fourth-order valence-electron chi connectivity index (χ4n) is 2.43. The number of rotatable bonds is 5. The number of benzene rings is 2. The maximum Gasteiger partial charge on any atom is -0.0184 e. The molecule has 0 heteroatoms. The van der Waals surface area contributed by atoms with Gasteiger partial charge in [-0.25, -0.2) is 0 Å². The highest BCUT2D eigenvalue weighted by atomic mass is 14.2. The van der Waals surface area contributed by atoms with Gasteiger partial charge in [0.1, 0.15) is 0 Å². The van der Waals surface area contributed by atoms with Crippen molar-refractivity contribution in [2.75, 3.05) is 0 Å². The predicted molar refractivity (Wildman–Crippen MR) is 89.0 cm³/mol. The van der Waals surface area contributed by atoms with E-state index in [0.717, 1.165) is 12.8 Å². The van der Waals surface area contributed by atoms with Crippen LogP contribution in [-0.4, -0.2) is 0 Å².